The van der Waals surface area contributed by atoms with Crippen molar-refractivity contribution in [3.8, 4) is 0 Å². The third kappa shape index (κ3) is 6.84. The fraction of sp³-hybridized carbons (Fsp3) is 0.941. The quantitative estimate of drug-likeness (QED) is 0.813. The van der Waals surface area contributed by atoms with Crippen LogP contribution in [0.5, 0.6) is 0 Å². The maximum atomic E-state index is 12.3. The zero-order valence-corrected chi connectivity index (χ0v) is 15.0. The van der Waals surface area contributed by atoms with Crippen molar-refractivity contribution >= 4 is 18.3 Å². The maximum absolute atomic E-state index is 12.3. The van der Waals surface area contributed by atoms with Crippen LogP contribution < -0.4 is 5.32 Å². The van der Waals surface area contributed by atoms with Gasteiger partial charge in [-0.25, -0.2) is 0 Å². The molecule has 5 heteroatoms. The van der Waals surface area contributed by atoms with Crippen LogP contribution in [-0.4, -0.2) is 49.7 Å². The second-order valence-electron chi connectivity index (χ2n) is 7.04. The van der Waals surface area contributed by atoms with Gasteiger partial charge in [-0.1, -0.05) is 13.8 Å². The summed E-state index contributed by atoms with van der Waals surface area (Å²) >= 11 is 0. The maximum Gasteiger partial charge on any atom is 0.222 e. The Morgan fingerprint density at radius 3 is 2.41 bits per heavy atom. The van der Waals surface area contributed by atoms with Crippen LogP contribution >= 0.6 is 12.4 Å². The molecule has 2 aliphatic heterocycles. The number of ether oxygens (including phenoxy) is 1. The Balaban J connectivity index is 0.00000242. The molecule has 1 amide bonds. The van der Waals surface area contributed by atoms with Crippen LogP contribution in [0.3, 0.4) is 0 Å². The van der Waals surface area contributed by atoms with Crippen LogP contribution in [0.1, 0.15) is 52.4 Å². The minimum Gasteiger partial charge on any atom is -0.378 e. The molecular weight excluding hydrogens is 300 g/mol. The summed E-state index contributed by atoms with van der Waals surface area (Å²) in [6, 6.07) is 0. The standard InChI is InChI=1S/C17H32N2O2.ClH/c1-14(2)13-21-16-7-11-19(12-8-16)17(20)4-3-15-5-9-18-10-6-15;/h14-16,18H,3-13H2,1-2H3;1H. The molecule has 2 rings (SSSR count). The monoisotopic (exact) mass is 332 g/mol. The van der Waals surface area contributed by atoms with Crippen molar-refractivity contribution in [3.63, 3.8) is 0 Å². The van der Waals surface area contributed by atoms with Crippen molar-refractivity contribution in [2.24, 2.45) is 11.8 Å². The van der Waals surface area contributed by atoms with E-state index in [9.17, 15) is 4.79 Å². The van der Waals surface area contributed by atoms with E-state index in [1.807, 2.05) is 0 Å². The summed E-state index contributed by atoms with van der Waals surface area (Å²) in [5.41, 5.74) is 0. The molecule has 2 saturated heterocycles. The predicted octanol–water partition coefficient (Wildman–Crippen LogP) is 2.85. The number of hydrogen-bond donors (Lipinski definition) is 1. The summed E-state index contributed by atoms with van der Waals surface area (Å²) < 4.78 is 5.88. The zero-order chi connectivity index (χ0) is 15.1. The normalized spacial score (nSPS) is 21.0. The van der Waals surface area contributed by atoms with Gasteiger partial charge in [0.2, 0.25) is 5.91 Å². The molecule has 2 heterocycles. The molecule has 0 aromatic heterocycles. The summed E-state index contributed by atoms with van der Waals surface area (Å²) in [6.45, 7) is 9.21. The van der Waals surface area contributed by atoms with E-state index in [4.69, 9.17) is 4.74 Å². The number of halogens is 1. The minimum absolute atomic E-state index is 0. The molecule has 2 fully saturated rings. The first kappa shape index (κ1) is 19.7. The van der Waals surface area contributed by atoms with E-state index in [2.05, 4.69) is 24.1 Å². The van der Waals surface area contributed by atoms with E-state index in [1.165, 1.54) is 12.8 Å². The number of hydrogen-bond acceptors (Lipinski definition) is 3. The highest BCUT2D eigenvalue weighted by molar-refractivity contribution is 5.85. The molecule has 0 radical (unpaired) electrons. The number of likely N-dealkylation sites (tertiary alicyclic amines) is 1. The fourth-order valence-electron chi connectivity index (χ4n) is 3.26. The Kier molecular flexibility index (Phi) is 9.37. The molecule has 22 heavy (non-hydrogen) atoms. The lowest BCUT2D eigenvalue weighted by molar-refractivity contribution is -0.134. The Morgan fingerprint density at radius 2 is 1.82 bits per heavy atom. The molecule has 0 bridgehead atoms. The fourth-order valence-corrected chi connectivity index (χ4v) is 3.26. The van der Waals surface area contributed by atoms with Gasteiger partial charge >= 0.3 is 0 Å². The average molecular weight is 333 g/mol. The summed E-state index contributed by atoms with van der Waals surface area (Å²) in [5, 5.41) is 3.38. The molecule has 0 aromatic rings. The molecule has 130 valence electrons. The van der Waals surface area contributed by atoms with Crippen molar-refractivity contribution in [1.82, 2.24) is 10.2 Å². The van der Waals surface area contributed by atoms with E-state index >= 15 is 0 Å². The topological polar surface area (TPSA) is 41.6 Å². The van der Waals surface area contributed by atoms with E-state index < -0.39 is 0 Å². The third-order valence-corrected chi connectivity index (χ3v) is 4.69. The van der Waals surface area contributed by atoms with Crippen LogP contribution in [0.2, 0.25) is 0 Å². The lowest BCUT2D eigenvalue weighted by Gasteiger charge is -2.33. The van der Waals surface area contributed by atoms with Gasteiger partial charge in [0, 0.05) is 26.1 Å². The van der Waals surface area contributed by atoms with Crippen LogP contribution in [0, 0.1) is 11.8 Å². The first-order valence-electron chi connectivity index (χ1n) is 8.75. The molecular formula is C17H33ClN2O2. The van der Waals surface area contributed by atoms with Crippen molar-refractivity contribution in [2.45, 2.75) is 58.5 Å². The van der Waals surface area contributed by atoms with E-state index in [-0.39, 0.29) is 12.4 Å². The first-order chi connectivity index (χ1) is 10.1. The van der Waals surface area contributed by atoms with E-state index in [1.54, 1.807) is 0 Å². The van der Waals surface area contributed by atoms with Crippen molar-refractivity contribution < 1.29 is 9.53 Å². The lowest BCUT2D eigenvalue weighted by atomic mass is 9.93. The molecule has 0 aromatic carbocycles. The summed E-state index contributed by atoms with van der Waals surface area (Å²) in [4.78, 5) is 14.3. The van der Waals surface area contributed by atoms with Crippen molar-refractivity contribution in [2.75, 3.05) is 32.8 Å². The van der Waals surface area contributed by atoms with Gasteiger partial charge in [0.05, 0.1) is 6.10 Å². The molecule has 0 aliphatic carbocycles. The Labute approximate surface area is 141 Å². The zero-order valence-electron chi connectivity index (χ0n) is 14.2. The Bertz CT molecular complexity index is 312. The van der Waals surface area contributed by atoms with Crippen LogP contribution in [0.15, 0.2) is 0 Å². The highest BCUT2D eigenvalue weighted by Gasteiger charge is 2.24. The van der Waals surface area contributed by atoms with Gasteiger partial charge in [-0.3, -0.25) is 4.79 Å². The molecule has 0 spiro atoms. The molecule has 2 aliphatic rings. The number of carbonyl (C=O) groups is 1. The average Bonchev–Trinajstić information content (AvgIpc) is 2.52. The lowest BCUT2D eigenvalue weighted by Crippen LogP contribution is -2.41. The molecule has 1 N–H and O–H groups in total. The second-order valence-corrected chi connectivity index (χ2v) is 7.04. The van der Waals surface area contributed by atoms with Crippen LogP contribution in [0.25, 0.3) is 0 Å². The number of nitrogens with zero attached hydrogens (tertiary/aromatic N) is 1. The van der Waals surface area contributed by atoms with Gasteiger partial charge < -0.3 is 15.0 Å². The summed E-state index contributed by atoms with van der Waals surface area (Å²) in [7, 11) is 0. The van der Waals surface area contributed by atoms with Crippen LogP contribution in [0.4, 0.5) is 0 Å². The Hall–Kier alpha value is -0.320. The van der Waals surface area contributed by atoms with Gasteiger partial charge in [-0.15, -0.1) is 12.4 Å². The highest BCUT2D eigenvalue weighted by atomic mass is 35.5. The SMILES string of the molecule is CC(C)COC1CCN(C(=O)CCC2CCNCC2)CC1.Cl. The molecule has 4 nitrogen and oxygen atoms in total. The van der Waals surface area contributed by atoms with Crippen LogP contribution in [-0.2, 0) is 9.53 Å². The van der Waals surface area contributed by atoms with E-state index in [0.717, 1.165) is 64.4 Å². The minimum atomic E-state index is 0. The Morgan fingerprint density at radius 1 is 1.18 bits per heavy atom. The number of carbonyl (C=O) groups excluding carboxylic acids is 1. The number of rotatable bonds is 6. The smallest absolute Gasteiger partial charge is 0.222 e. The predicted molar refractivity (Wildman–Crippen MR) is 92.5 cm³/mol. The van der Waals surface area contributed by atoms with Crippen molar-refractivity contribution in [3.05, 3.63) is 0 Å². The summed E-state index contributed by atoms with van der Waals surface area (Å²) in [6.07, 6.45) is 6.65. The van der Waals surface area contributed by atoms with E-state index in [0.29, 0.717) is 17.9 Å². The third-order valence-electron chi connectivity index (χ3n) is 4.69. The number of amides is 1. The second kappa shape index (κ2) is 10.5. The molecule has 0 saturated carbocycles. The number of nitrogens with one attached hydrogen (secondary N) is 1. The summed E-state index contributed by atoms with van der Waals surface area (Å²) in [5.74, 6) is 1.70. The van der Waals surface area contributed by atoms with Gasteiger partial charge in [0.1, 0.15) is 0 Å². The van der Waals surface area contributed by atoms with Crippen molar-refractivity contribution in [1.29, 1.82) is 0 Å². The van der Waals surface area contributed by atoms with Gasteiger partial charge in [0.15, 0.2) is 0 Å². The first-order valence-corrected chi connectivity index (χ1v) is 8.75. The largest absolute Gasteiger partial charge is 0.378 e. The molecule has 0 unspecified atom stereocenters. The number of piperidine rings is 2. The van der Waals surface area contributed by atoms with Gasteiger partial charge in [0.25, 0.3) is 0 Å². The van der Waals surface area contributed by atoms with Gasteiger partial charge in [-0.05, 0) is 57.0 Å². The van der Waals surface area contributed by atoms with Gasteiger partial charge in [-0.2, -0.15) is 0 Å². The molecule has 0 atom stereocenters. The highest BCUT2D eigenvalue weighted by Crippen LogP contribution is 2.20.